The molecule has 0 aliphatic rings. The molecular weight excluding hydrogens is 218 g/mol. The zero-order chi connectivity index (χ0) is 12.1. The van der Waals surface area contributed by atoms with Crippen molar-refractivity contribution in [1.82, 2.24) is 5.32 Å². The Morgan fingerprint density at radius 1 is 1.31 bits per heavy atom. The van der Waals surface area contributed by atoms with Crippen molar-refractivity contribution in [3.8, 4) is 0 Å². The number of halogens is 1. The van der Waals surface area contributed by atoms with E-state index >= 15 is 0 Å². The molecule has 0 aromatic heterocycles. The fourth-order valence-corrected chi connectivity index (χ4v) is 2.13. The molecule has 1 unspecified atom stereocenters. The van der Waals surface area contributed by atoms with Gasteiger partial charge in [0.25, 0.3) is 0 Å². The Balaban J connectivity index is 2.57. The molecule has 0 saturated carbocycles. The van der Waals surface area contributed by atoms with E-state index in [0.29, 0.717) is 12.0 Å². The summed E-state index contributed by atoms with van der Waals surface area (Å²) in [5, 5.41) is 4.24. The molecule has 0 spiro atoms. The first-order valence-electron chi connectivity index (χ1n) is 5.97. The lowest BCUT2D eigenvalue weighted by atomic mass is 9.96. The van der Waals surface area contributed by atoms with Crippen LogP contribution in [0.4, 0.5) is 0 Å². The van der Waals surface area contributed by atoms with Gasteiger partial charge in [0.05, 0.1) is 0 Å². The van der Waals surface area contributed by atoms with E-state index in [1.807, 2.05) is 14.0 Å². The molecular formula is C14H22ClN. The second-order valence-electron chi connectivity index (χ2n) is 4.76. The summed E-state index contributed by atoms with van der Waals surface area (Å²) >= 11 is 6.11. The lowest BCUT2D eigenvalue weighted by Gasteiger charge is -2.20. The minimum absolute atomic E-state index is 0.583. The van der Waals surface area contributed by atoms with Crippen LogP contribution in [0.3, 0.4) is 0 Å². The van der Waals surface area contributed by atoms with Gasteiger partial charge in [-0.25, -0.2) is 0 Å². The predicted molar refractivity (Wildman–Crippen MR) is 72.2 cm³/mol. The monoisotopic (exact) mass is 239 g/mol. The van der Waals surface area contributed by atoms with E-state index in [4.69, 9.17) is 11.6 Å². The third kappa shape index (κ3) is 3.80. The molecule has 1 N–H and O–H groups in total. The summed E-state index contributed by atoms with van der Waals surface area (Å²) in [5.41, 5.74) is 2.48. The van der Waals surface area contributed by atoms with Crippen molar-refractivity contribution in [2.24, 2.45) is 5.92 Å². The van der Waals surface area contributed by atoms with Crippen molar-refractivity contribution >= 4 is 11.6 Å². The zero-order valence-electron chi connectivity index (χ0n) is 10.7. The van der Waals surface area contributed by atoms with Gasteiger partial charge >= 0.3 is 0 Å². The van der Waals surface area contributed by atoms with E-state index in [1.165, 1.54) is 5.56 Å². The fourth-order valence-electron chi connectivity index (χ4n) is 1.93. The average Bonchev–Trinajstić information content (AvgIpc) is 2.23. The van der Waals surface area contributed by atoms with Crippen molar-refractivity contribution in [2.45, 2.75) is 39.7 Å². The lowest BCUT2D eigenvalue weighted by Crippen LogP contribution is -2.30. The van der Waals surface area contributed by atoms with Gasteiger partial charge < -0.3 is 5.32 Å². The predicted octanol–water partition coefficient (Wildman–Crippen LogP) is 3.83. The van der Waals surface area contributed by atoms with Crippen LogP contribution in [0.2, 0.25) is 5.02 Å². The number of aryl methyl sites for hydroxylation is 2. The Bertz CT molecular complexity index is 334. The number of benzene rings is 1. The van der Waals surface area contributed by atoms with E-state index in [0.717, 1.165) is 23.4 Å². The van der Waals surface area contributed by atoms with E-state index in [-0.39, 0.29) is 0 Å². The maximum atomic E-state index is 6.11. The number of nitrogens with one attached hydrogen (secondary N) is 1. The van der Waals surface area contributed by atoms with Gasteiger partial charge in [0.1, 0.15) is 0 Å². The first-order chi connectivity index (χ1) is 7.54. The van der Waals surface area contributed by atoms with Gasteiger partial charge in [-0.15, -0.1) is 0 Å². The summed E-state index contributed by atoms with van der Waals surface area (Å²) in [6.07, 6.45) is 2.25. The highest BCUT2D eigenvalue weighted by Gasteiger charge is 2.10. The highest BCUT2D eigenvalue weighted by atomic mass is 35.5. The topological polar surface area (TPSA) is 12.0 Å². The maximum absolute atomic E-state index is 6.11. The van der Waals surface area contributed by atoms with Crippen molar-refractivity contribution < 1.29 is 0 Å². The molecule has 0 heterocycles. The second kappa shape index (κ2) is 6.27. The second-order valence-corrected chi connectivity index (χ2v) is 5.17. The van der Waals surface area contributed by atoms with Gasteiger partial charge in [-0.2, -0.15) is 0 Å². The van der Waals surface area contributed by atoms with Gasteiger partial charge in [-0.3, -0.25) is 0 Å². The lowest BCUT2D eigenvalue weighted by molar-refractivity contribution is 0.403. The normalized spacial score (nSPS) is 13.1. The Hall–Kier alpha value is -0.530. The van der Waals surface area contributed by atoms with Gasteiger partial charge in [0, 0.05) is 11.1 Å². The minimum Gasteiger partial charge on any atom is -0.317 e. The number of hydrogen-bond acceptors (Lipinski definition) is 1. The van der Waals surface area contributed by atoms with Gasteiger partial charge in [-0.05, 0) is 49.9 Å². The molecule has 1 nitrogen and oxygen atoms in total. The summed E-state index contributed by atoms with van der Waals surface area (Å²) in [4.78, 5) is 0. The molecule has 1 aromatic carbocycles. The van der Waals surface area contributed by atoms with Crippen LogP contribution in [0.5, 0.6) is 0 Å². The molecule has 0 amide bonds. The smallest absolute Gasteiger partial charge is 0.0437 e. The van der Waals surface area contributed by atoms with E-state index in [9.17, 15) is 0 Å². The average molecular weight is 240 g/mol. The first-order valence-corrected chi connectivity index (χ1v) is 6.34. The van der Waals surface area contributed by atoms with Crippen LogP contribution in [0.15, 0.2) is 18.2 Å². The molecule has 2 heteroatoms. The molecule has 0 fully saturated rings. The van der Waals surface area contributed by atoms with Crippen molar-refractivity contribution in [3.05, 3.63) is 34.3 Å². The van der Waals surface area contributed by atoms with Crippen molar-refractivity contribution in [3.63, 3.8) is 0 Å². The summed E-state index contributed by atoms with van der Waals surface area (Å²) in [7, 11) is 2.03. The summed E-state index contributed by atoms with van der Waals surface area (Å²) in [6.45, 7) is 6.54. The van der Waals surface area contributed by atoms with Crippen LogP contribution in [0.25, 0.3) is 0 Å². The summed E-state index contributed by atoms with van der Waals surface area (Å²) in [6, 6.07) is 6.94. The minimum atomic E-state index is 0.583. The van der Waals surface area contributed by atoms with Crippen LogP contribution in [0, 0.1) is 12.8 Å². The molecule has 0 aliphatic heterocycles. The molecule has 0 bridgehead atoms. The van der Waals surface area contributed by atoms with Crippen LogP contribution in [-0.2, 0) is 6.42 Å². The van der Waals surface area contributed by atoms with Gasteiger partial charge in [0.15, 0.2) is 0 Å². The van der Waals surface area contributed by atoms with Crippen molar-refractivity contribution in [1.29, 1.82) is 0 Å². The van der Waals surface area contributed by atoms with E-state index in [1.54, 1.807) is 0 Å². The Labute approximate surface area is 104 Å². The molecule has 0 saturated heterocycles. The highest BCUT2D eigenvalue weighted by molar-refractivity contribution is 6.31. The maximum Gasteiger partial charge on any atom is 0.0437 e. The third-order valence-electron chi connectivity index (χ3n) is 3.16. The summed E-state index contributed by atoms with van der Waals surface area (Å²) in [5.74, 6) is 0.672. The molecule has 90 valence electrons. The number of hydrogen-bond donors (Lipinski definition) is 1. The molecule has 16 heavy (non-hydrogen) atoms. The highest BCUT2D eigenvalue weighted by Crippen LogP contribution is 2.18. The third-order valence-corrected chi connectivity index (χ3v) is 3.56. The SMILES string of the molecule is CNC(CCc1ccc(C)c(Cl)c1)C(C)C. The molecule has 1 atom stereocenters. The zero-order valence-corrected chi connectivity index (χ0v) is 11.4. The largest absolute Gasteiger partial charge is 0.317 e. The first kappa shape index (κ1) is 13.5. The quantitative estimate of drug-likeness (QED) is 0.824. The fraction of sp³-hybridized carbons (Fsp3) is 0.571. The Kier molecular flexibility index (Phi) is 5.30. The van der Waals surface area contributed by atoms with Crippen LogP contribution in [0.1, 0.15) is 31.4 Å². The summed E-state index contributed by atoms with van der Waals surface area (Å²) < 4.78 is 0. The van der Waals surface area contributed by atoms with E-state index < -0.39 is 0 Å². The van der Waals surface area contributed by atoms with Gasteiger partial charge in [-0.1, -0.05) is 37.6 Å². The molecule has 0 aliphatic carbocycles. The van der Waals surface area contributed by atoms with Crippen LogP contribution in [-0.4, -0.2) is 13.1 Å². The van der Waals surface area contributed by atoms with E-state index in [2.05, 4.69) is 37.4 Å². The van der Waals surface area contributed by atoms with Crippen molar-refractivity contribution in [2.75, 3.05) is 7.05 Å². The molecule has 1 rings (SSSR count). The Morgan fingerprint density at radius 3 is 2.50 bits per heavy atom. The van der Waals surface area contributed by atoms with Crippen LogP contribution >= 0.6 is 11.6 Å². The Morgan fingerprint density at radius 2 is 2.00 bits per heavy atom. The molecule has 1 aromatic rings. The van der Waals surface area contributed by atoms with Crippen LogP contribution < -0.4 is 5.32 Å². The van der Waals surface area contributed by atoms with Gasteiger partial charge in [0.2, 0.25) is 0 Å². The molecule has 0 radical (unpaired) electrons. The standard InChI is InChI=1S/C14H22ClN/c1-10(2)14(16-4)8-7-12-6-5-11(3)13(15)9-12/h5-6,9-10,14,16H,7-8H2,1-4H3. The number of rotatable bonds is 5.